The molecule has 8 heteroatoms. The van der Waals surface area contributed by atoms with E-state index < -0.39 is 27.5 Å². The Morgan fingerprint density at radius 2 is 2.09 bits per heavy atom. The first-order chi connectivity index (χ1) is 10.4. The van der Waals surface area contributed by atoms with Crippen molar-refractivity contribution in [3.63, 3.8) is 0 Å². The minimum atomic E-state index is -4.70. The maximum absolute atomic E-state index is 12.3. The summed E-state index contributed by atoms with van der Waals surface area (Å²) in [6.07, 6.45) is -5.01. The molecule has 0 saturated carbocycles. The average Bonchev–Trinajstić information content (AvgIpc) is 2.47. The van der Waals surface area contributed by atoms with Gasteiger partial charge in [-0.25, -0.2) is 0 Å². The molecule has 4 nitrogen and oxygen atoms in total. The molecule has 1 aliphatic rings. The fraction of sp³-hybridized carbons (Fsp3) is 0.571. The molecule has 0 N–H and O–H groups in total. The number of rotatable bonds is 5. The van der Waals surface area contributed by atoms with Crippen LogP contribution in [-0.2, 0) is 14.2 Å². The van der Waals surface area contributed by atoms with Crippen LogP contribution in [0.1, 0.15) is 18.6 Å². The van der Waals surface area contributed by atoms with E-state index in [0.29, 0.717) is 19.8 Å². The van der Waals surface area contributed by atoms with Crippen molar-refractivity contribution < 1.29 is 32.1 Å². The summed E-state index contributed by atoms with van der Waals surface area (Å²) in [4.78, 5) is 0. The SMILES string of the molecule is COC(C)c1cc(OC(F)(F)F)cc[c]1[Sn][CH]1COCCO1. The molecule has 0 aromatic heterocycles. The van der Waals surface area contributed by atoms with Gasteiger partial charge in [0.05, 0.1) is 0 Å². The van der Waals surface area contributed by atoms with Crippen molar-refractivity contribution in [3.05, 3.63) is 23.8 Å². The molecular formula is C14H17F3O4Sn. The summed E-state index contributed by atoms with van der Waals surface area (Å²) in [6, 6.07) is 4.44. The molecule has 2 rings (SSSR count). The Kier molecular flexibility index (Phi) is 6.36. The maximum atomic E-state index is 12.3. The molecule has 0 spiro atoms. The number of hydrogen-bond acceptors (Lipinski definition) is 4. The van der Waals surface area contributed by atoms with Gasteiger partial charge in [-0.2, -0.15) is 0 Å². The van der Waals surface area contributed by atoms with Crippen LogP contribution in [0, 0.1) is 0 Å². The molecule has 1 fully saturated rings. The summed E-state index contributed by atoms with van der Waals surface area (Å²) in [5.74, 6) is -0.227. The Labute approximate surface area is 137 Å². The van der Waals surface area contributed by atoms with Crippen LogP contribution in [0.25, 0.3) is 0 Å². The van der Waals surface area contributed by atoms with Crippen molar-refractivity contribution in [3.8, 4) is 5.75 Å². The molecule has 1 aromatic carbocycles. The van der Waals surface area contributed by atoms with Gasteiger partial charge in [0, 0.05) is 0 Å². The molecule has 0 amide bonds. The van der Waals surface area contributed by atoms with Crippen molar-refractivity contribution in [2.24, 2.45) is 0 Å². The van der Waals surface area contributed by atoms with Crippen molar-refractivity contribution >= 4 is 24.7 Å². The zero-order chi connectivity index (χ0) is 16.2. The van der Waals surface area contributed by atoms with Gasteiger partial charge in [0.15, 0.2) is 0 Å². The van der Waals surface area contributed by atoms with Crippen LogP contribution in [0.5, 0.6) is 5.75 Å². The zero-order valence-corrected chi connectivity index (χ0v) is 15.1. The van der Waals surface area contributed by atoms with Crippen LogP contribution in [-0.4, -0.2) is 58.6 Å². The second kappa shape index (κ2) is 7.85. The van der Waals surface area contributed by atoms with E-state index in [0.717, 1.165) is 9.14 Å². The number of methoxy groups -OCH3 is 1. The van der Waals surface area contributed by atoms with E-state index in [9.17, 15) is 13.2 Å². The predicted molar refractivity (Wildman–Crippen MR) is 74.5 cm³/mol. The van der Waals surface area contributed by atoms with E-state index in [-0.39, 0.29) is 16.0 Å². The molecular weight excluding hydrogens is 408 g/mol. The number of halogens is 3. The summed E-state index contributed by atoms with van der Waals surface area (Å²) >= 11 is -1.18. The van der Waals surface area contributed by atoms with Gasteiger partial charge in [-0.05, 0) is 0 Å². The first kappa shape index (κ1) is 17.8. The van der Waals surface area contributed by atoms with E-state index in [1.54, 1.807) is 13.0 Å². The Morgan fingerprint density at radius 3 is 2.68 bits per heavy atom. The molecule has 0 aliphatic carbocycles. The number of ether oxygens (including phenoxy) is 4. The predicted octanol–water partition coefficient (Wildman–Crippen LogP) is 1.99. The van der Waals surface area contributed by atoms with Crippen molar-refractivity contribution in [2.45, 2.75) is 23.5 Å². The van der Waals surface area contributed by atoms with E-state index in [2.05, 4.69) is 4.74 Å². The quantitative estimate of drug-likeness (QED) is 0.677. The summed E-state index contributed by atoms with van der Waals surface area (Å²) in [5, 5.41) is 0. The first-order valence-electron chi connectivity index (χ1n) is 6.77. The molecule has 1 heterocycles. The molecule has 1 saturated heterocycles. The number of hydrogen-bond donors (Lipinski definition) is 0. The van der Waals surface area contributed by atoms with Gasteiger partial charge in [0.25, 0.3) is 0 Å². The topological polar surface area (TPSA) is 36.9 Å². The van der Waals surface area contributed by atoms with Crippen LogP contribution in [0.15, 0.2) is 18.2 Å². The molecule has 0 bridgehead atoms. The van der Waals surface area contributed by atoms with Gasteiger partial charge in [-0.15, -0.1) is 0 Å². The third-order valence-corrected chi connectivity index (χ3v) is 7.24. The van der Waals surface area contributed by atoms with E-state index in [4.69, 9.17) is 14.2 Å². The summed E-state index contributed by atoms with van der Waals surface area (Å²) in [7, 11) is 1.52. The molecule has 1 aliphatic heterocycles. The molecule has 2 radical (unpaired) electrons. The van der Waals surface area contributed by atoms with Gasteiger partial charge in [0.2, 0.25) is 0 Å². The Balaban J connectivity index is 2.20. The second-order valence-corrected chi connectivity index (χ2v) is 8.95. The van der Waals surface area contributed by atoms with Crippen molar-refractivity contribution in [1.29, 1.82) is 0 Å². The van der Waals surface area contributed by atoms with Gasteiger partial charge >= 0.3 is 137 Å². The number of alkyl halides is 3. The standard InChI is InChI=1S/C10H10F3O2.C4H7O2.Sn/c1-7(14-2)8-4-3-5-9(6-8)15-10(11,12)13;1-2-6-4-3-5-1;/h3,5-7H,1-2H3;1H,2-4H2;. The fourth-order valence-corrected chi connectivity index (χ4v) is 5.99. The van der Waals surface area contributed by atoms with E-state index in [1.165, 1.54) is 19.2 Å². The van der Waals surface area contributed by atoms with E-state index in [1.807, 2.05) is 0 Å². The first-order valence-corrected chi connectivity index (χ1v) is 9.85. The van der Waals surface area contributed by atoms with Crippen molar-refractivity contribution in [1.82, 2.24) is 0 Å². The third-order valence-electron chi connectivity index (χ3n) is 3.18. The molecule has 1 aromatic rings. The minimum absolute atomic E-state index is 0.0644. The summed E-state index contributed by atoms with van der Waals surface area (Å²) < 4.78 is 58.4. The zero-order valence-electron chi connectivity index (χ0n) is 12.3. The fourth-order valence-electron chi connectivity index (χ4n) is 2.08. The van der Waals surface area contributed by atoms with Crippen LogP contribution >= 0.6 is 0 Å². The van der Waals surface area contributed by atoms with Crippen LogP contribution in [0.3, 0.4) is 0 Å². The molecule has 2 unspecified atom stereocenters. The second-order valence-electron chi connectivity index (χ2n) is 4.75. The van der Waals surface area contributed by atoms with Gasteiger partial charge < -0.3 is 0 Å². The van der Waals surface area contributed by atoms with Gasteiger partial charge in [0.1, 0.15) is 0 Å². The third kappa shape index (κ3) is 5.29. The number of benzene rings is 1. The summed E-state index contributed by atoms with van der Waals surface area (Å²) in [5.41, 5.74) is 0.727. The Bertz CT molecular complexity index is 489. The summed E-state index contributed by atoms with van der Waals surface area (Å²) in [6.45, 7) is 3.51. The van der Waals surface area contributed by atoms with Crippen LogP contribution < -0.4 is 8.32 Å². The molecule has 2 atom stereocenters. The van der Waals surface area contributed by atoms with Crippen molar-refractivity contribution in [2.75, 3.05) is 26.9 Å². The van der Waals surface area contributed by atoms with Gasteiger partial charge in [-0.3, -0.25) is 0 Å². The van der Waals surface area contributed by atoms with E-state index >= 15 is 0 Å². The monoisotopic (exact) mass is 426 g/mol. The normalized spacial score (nSPS) is 20.7. The average molecular weight is 425 g/mol. The van der Waals surface area contributed by atoms with Crippen LogP contribution in [0.2, 0.25) is 0 Å². The molecule has 122 valence electrons. The Morgan fingerprint density at radius 1 is 1.32 bits per heavy atom. The Hall–Kier alpha value is -0.511. The van der Waals surface area contributed by atoms with Crippen LogP contribution in [0.4, 0.5) is 13.2 Å². The molecule has 22 heavy (non-hydrogen) atoms. The van der Waals surface area contributed by atoms with Gasteiger partial charge in [-0.1, -0.05) is 0 Å².